The van der Waals surface area contributed by atoms with Gasteiger partial charge in [0.05, 0.1) is 5.69 Å². The van der Waals surface area contributed by atoms with E-state index in [1.165, 1.54) is 5.69 Å². The van der Waals surface area contributed by atoms with Gasteiger partial charge in [0.15, 0.2) is 10.8 Å². The van der Waals surface area contributed by atoms with Crippen molar-refractivity contribution in [3.05, 3.63) is 17.3 Å². The Morgan fingerprint density at radius 3 is 2.76 bits per heavy atom. The van der Waals surface area contributed by atoms with Crippen LogP contribution in [0.4, 0.5) is 5.82 Å². The SMILES string of the molecule is CCC(CC)N(C)c1nc2sccn2c1CBr. The second kappa shape index (κ2) is 5.40. The van der Waals surface area contributed by atoms with Gasteiger partial charge < -0.3 is 4.90 Å². The van der Waals surface area contributed by atoms with Crippen LogP contribution in [0.3, 0.4) is 0 Å². The molecule has 0 fully saturated rings. The number of hydrogen-bond donors (Lipinski definition) is 0. The molecule has 2 aromatic heterocycles. The van der Waals surface area contributed by atoms with Crippen molar-refractivity contribution in [2.45, 2.75) is 38.1 Å². The third-order valence-corrected chi connectivity index (χ3v) is 4.58. The number of alkyl halides is 1. The average molecular weight is 316 g/mol. The van der Waals surface area contributed by atoms with Crippen LogP contribution in [0.25, 0.3) is 4.96 Å². The highest BCUT2D eigenvalue weighted by Gasteiger charge is 2.19. The van der Waals surface area contributed by atoms with Gasteiger partial charge in [-0.3, -0.25) is 4.40 Å². The molecule has 0 saturated carbocycles. The third-order valence-electron chi connectivity index (χ3n) is 3.29. The van der Waals surface area contributed by atoms with Gasteiger partial charge in [0.2, 0.25) is 0 Å². The first-order valence-corrected chi connectivity index (χ1v) is 7.96. The van der Waals surface area contributed by atoms with E-state index >= 15 is 0 Å². The molecule has 2 rings (SSSR count). The van der Waals surface area contributed by atoms with Gasteiger partial charge in [-0.15, -0.1) is 11.3 Å². The van der Waals surface area contributed by atoms with E-state index in [0.717, 1.165) is 29.0 Å². The molecule has 0 N–H and O–H groups in total. The van der Waals surface area contributed by atoms with Crippen molar-refractivity contribution in [3.63, 3.8) is 0 Å². The number of fused-ring (bicyclic) bond motifs is 1. The second-order valence-corrected chi connectivity index (χ2v) is 5.59. The lowest BCUT2D eigenvalue weighted by atomic mass is 10.1. The van der Waals surface area contributed by atoms with Crippen LogP contribution in [0, 0.1) is 0 Å². The number of imidazole rings is 1. The summed E-state index contributed by atoms with van der Waals surface area (Å²) < 4.78 is 2.17. The number of halogens is 1. The Morgan fingerprint density at radius 1 is 1.47 bits per heavy atom. The molecule has 3 nitrogen and oxygen atoms in total. The lowest BCUT2D eigenvalue weighted by Crippen LogP contribution is -2.31. The summed E-state index contributed by atoms with van der Waals surface area (Å²) in [5.41, 5.74) is 1.25. The molecule has 94 valence electrons. The van der Waals surface area contributed by atoms with Crippen LogP contribution in [0.15, 0.2) is 11.6 Å². The Bertz CT molecular complexity index is 487. The standard InChI is InChI=1S/C12H18BrN3S/c1-4-9(5-2)15(3)11-10(8-13)16-6-7-17-12(16)14-11/h6-7,9H,4-5,8H2,1-3H3. The third kappa shape index (κ3) is 2.22. The number of anilines is 1. The summed E-state index contributed by atoms with van der Waals surface area (Å²) in [4.78, 5) is 8.13. The molecule has 0 aromatic carbocycles. The Kier molecular flexibility index (Phi) is 4.09. The van der Waals surface area contributed by atoms with E-state index in [1.807, 2.05) is 0 Å². The van der Waals surface area contributed by atoms with E-state index < -0.39 is 0 Å². The largest absolute Gasteiger partial charge is 0.355 e. The molecule has 0 bridgehead atoms. The number of rotatable bonds is 5. The number of aromatic nitrogens is 2. The van der Waals surface area contributed by atoms with Crippen LogP contribution < -0.4 is 4.90 Å². The zero-order valence-corrected chi connectivity index (χ0v) is 12.9. The van der Waals surface area contributed by atoms with E-state index in [-0.39, 0.29) is 0 Å². The highest BCUT2D eigenvalue weighted by molar-refractivity contribution is 9.08. The molecule has 0 saturated heterocycles. The highest BCUT2D eigenvalue weighted by Crippen LogP contribution is 2.28. The molecule has 0 aliphatic carbocycles. The van der Waals surface area contributed by atoms with Crippen molar-refractivity contribution < 1.29 is 0 Å². The van der Waals surface area contributed by atoms with Crippen LogP contribution in [0.1, 0.15) is 32.4 Å². The van der Waals surface area contributed by atoms with Gasteiger partial charge in [0.1, 0.15) is 0 Å². The van der Waals surface area contributed by atoms with Crippen molar-refractivity contribution in [3.8, 4) is 0 Å². The van der Waals surface area contributed by atoms with Gasteiger partial charge >= 0.3 is 0 Å². The van der Waals surface area contributed by atoms with Crippen molar-refractivity contribution in [2.75, 3.05) is 11.9 Å². The Hall–Kier alpha value is -0.550. The van der Waals surface area contributed by atoms with E-state index in [0.29, 0.717) is 6.04 Å². The lowest BCUT2D eigenvalue weighted by Gasteiger charge is -2.27. The molecule has 0 aliphatic heterocycles. The lowest BCUT2D eigenvalue weighted by molar-refractivity contribution is 0.586. The van der Waals surface area contributed by atoms with E-state index in [4.69, 9.17) is 4.98 Å². The first kappa shape index (κ1) is 12.9. The highest BCUT2D eigenvalue weighted by atomic mass is 79.9. The Labute approximate surface area is 115 Å². The number of thiazole rings is 1. The smallest absolute Gasteiger partial charge is 0.195 e. The fraction of sp³-hybridized carbons (Fsp3) is 0.583. The van der Waals surface area contributed by atoms with Crippen LogP contribution >= 0.6 is 27.3 Å². The van der Waals surface area contributed by atoms with Crippen molar-refractivity contribution in [1.29, 1.82) is 0 Å². The monoisotopic (exact) mass is 315 g/mol. The van der Waals surface area contributed by atoms with Gasteiger partial charge in [-0.05, 0) is 12.8 Å². The molecule has 0 atom stereocenters. The molecule has 0 unspecified atom stereocenters. The average Bonchev–Trinajstić information content (AvgIpc) is 2.89. The Balaban J connectivity index is 2.43. The predicted molar refractivity (Wildman–Crippen MR) is 78.5 cm³/mol. The maximum absolute atomic E-state index is 4.74. The van der Waals surface area contributed by atoms with Gasteiger partial charge in [-0.1, -0.05) is 29.8 Å². The zero-order chi connectivity index (χ0) is 12.4. The fourth-order valence-electron chi connectivity index (χ4n) is 2.24. The minimum absolute atomic E-state index is 0.567. The maximum atomic E-state index is 4.74. The second-order valence-electron chi connectivity index (χ2n) is 4.15. The van der Waals surface area contributed by atoms with Crippen LogP contribution in [0.5, 0.6) is 0 Å². The summed E-state index contributed by atoms with van der Waals surface area (Å²) in [7, 11) is 2.15. The first-order valence-electron chi connectivity index (χ1n) is 5.96. The van der Waals surface area contributed by atoms with Gasteiger partial charge in [0, 0.05) is 30.0 Å². The minimum Gasteiger partial charge on any atom is -0.355 e. The summed E-state index contributed by atoms with van der Waals surface area (Å²) in [6, 6.07) is 0.567. The molecule has 0 spiro atoms. The van der Waals surface area contributed by atoms with Crippen molar-refractivity contribution >= 4 is 38.0 Å². The van der Waals surface area contributed by atoms with Crippen LogP contribution in [-0.4, -0.2) is 22.5 Å². The molecule has 2 aromatic rings. The normalized spacial score (nSPS) is 11.6. The molecular formula is C12H18BrN3S. The molecule has 0 aliphatic rings. The number of hydrogen-bond acceptors (Lipinski definition) is 3. The maximum Gasteiger partial charge on any atom is 0.195 e. The van der Waals surface area contributed by atoms with Crippen LogP contribution in [0.2, 0.25) is 0 Å². The summed E-state index contributed by atoms with van der Waals surface area (Å²) in [5.74, 6) is 1.11. The molecule has 5 heteroatoms. The molecule has 17 heavy (non-hydrogen) atoms. The van der Waals surface area contributed by atoms with Gasteiger partial charge in [0.25, 0.3) is 0 Å². The van der Waals surface area contributed by atoms with E-state index in [2.05, 4.69) is 57.7 Å². The van der Waals surface area contributed by atoms with Crippen molar-refractivity contribution in [1.82, 2.24) is 9.38 Å². The van der Waals surface area contributed by atoms with Crippen LogP contribution in [-0.2, 0) is 5.33 Å². The fourth-order valence-corrected chi connectivity index (χ4v) is 3.49. The molecule has 0 amide bonds. The molecule has 0 radical (unpaired) electrons. The zero-order valence-electron chi connectivity index (χ0n) is 10.5. The van der Waals surface area contributed by atoms with Gasteiger partial charge in [-0.25, -0.2) is 4.98 Å². The van der Waals surface area contributed by atoms with Gasteiger partial charge in [-0.2, -0.15) is 0 Å². The Morgan fingerprint density at radius 2 is 2.18 bits per heavy atom. The summed E-state index contributed by atoms with van der Waals surface area (Å²) >= 11 is 5.26. The van der Waals surface area contributed by atoms with Crippen molar-refractivity contribution in [2.24, 2.45) is 0 Å². The molecule has 2 heterocycles. The summed E-state index contributed by atoms with van der Waals surface area (Å²) in [5, 5.41) is 2.92. The number of nitrogens with zero attached hydrogens (tertiary/aromatic N) is 3. The van der Waals surface area contributed by atoms with E-state index in [1.54, 1.807) is 11.3 Å². The topological polar surface area (TPSA) is 20.5 Å². The molecular weight excluding hydrogens is 298 g/mol. The summed E-state index contributed by atoms with van der Waals surface area (Å²) in [6.45, 7) is 4.47. The van der Waals surface area contributed by atoms with E-state index in [9.17, 15) is 0 Å². The minimum atomic E-state index is 0.567. The summed E-state index contributed by atoms with van der Waals surface area (Å²) in [6.07, 6.45) is 4.40. The quantitative estimate of drug-likeness (QED) is 0.780. The first-order chi connectivity index (χ1) is 8.22. The predicted octanol–water partition coefficient (Wildman–Crippen LogP) is 3.92.